The molecule has 0 radical (unpaired) electrons. The lowest BCUT2D eigenvalue weighted by atomic mass is 9.43. The van der Waals surface area contributed by atoms with Gasteiger partial charge in [-0.05, 0) is 93.8 Å². The first-order chi connectivity index (χ1) is 17.1. The Morgan fingerprint density at radius 3 is 2.30 bits per heavy atom. The summed E-state index contributed by atoms with van der Waals surface area (Å²) in [6.07, 6.45) is 9.27. The molecule has 4 rings (SSSR count). The average molecular weight is 515 g/mol. The Labute approximate surface area is 224 Å². The highest BCUT2D eigenvalue weighted by Crippen LogP contribution is 2.72. The van der Waals surface area contributed by atoms with Crippen LogP contribution in [0.25, 0.3) is 0 Å². The van der Waals surface area contributed by atoms with E-state index in [1.807, 2.05) is 13.8 Å². The number of ether oxygens (including phenoxy) is 1. The summed E-state index contributed by atoms with van der Waals surface area (Å²) in [4.78, 5) is 24.4. The van der Waals surface area contributed by atoms with E-state index in [0.717, 1.165) is 44.9 Å². The van der Waals surface area contributed by atoms with Crippen molar-refractivity contribution in [1.82, 2.24) is 0 Å². The predicted octanol–water partition coefficient (Wildman–Crippen LogP) is 7.09. The van der Waals surface area contributed by atoms with Crippen LogP contribution < -0.4 is 0 Å². The summed E-state index contributed by atoms with van der Waals surface area (Å²) in [5.41, 5.74) is 3.80. The van der Waals surface area contributed by atoms with Crippen molar-refractivity contribution in [2.24, 2.45) is 39.4 Å². The molecule has 0 saturated heterocycles. The summed E-state index contributed by atoms with van der Waals surface area (Å²) in [5.74, 6) is -1.30. The highest BCUT2D eigenvalue weighted by molar-refractivity contribution is 5.71. The molecule has 4 aliphatic carbocycles. The van der Waals surface area contributed by atoms with E-state index in [-0.39, 0.29) is 39.7 Å². The van der Waals surface area contributed by atoms with E-state index < -0.39 is 18.0 Å². The number of aliphatic hydroxyl groups is 1. The number of carboxylic acids is 1. The van der Waals surface area contributed by atoms with Gasteiger partial charge in [0.05, 0.1) is 12.0 Å². The van der Waals surface area contributed by atoms with E-state index in [1.54, 1.807) is 5.57 Å². The van der Waals surface area contributed by atoms with Crippen LogP contribution in [0.15, 0.2) is 22.8 Å². The van der Waals surface area contributed by atoms with Crippen LogP contribution in [-0.4, -0.2) is 34.4 Å². The van der Waals surface area contributed by atoms with Gasteiger partial charge >= 0.3 is 11.9 Å². The monoisotopic (exact) mass is 514 g/mol. The highest BCUT2D eigenvalue weighted by Gasteiger charge is 2.66. The minimum absolute atomic E-state index is 0.0514. The van der Waals surface area contributed by atoms with Gasteiger partial charge < -0.3 is 14.9 Å². The molecule has 208 valence electrons. The number of aliphatic carboxylic acids is 1. The van der Waals surface area contributed by atoms with E-state index in [2.05, 4.69) is 40.7 Å². The number of hydrogen-bond donors (Lipinski definition) is 2. The molecule has 2 N–H and O–H groups in total. The van der Waals surface area contributed by atoms with Crippen molar-refractivity contribution in [3.63, 3.8) is 0 Å². The third kappa shape index (κ3) is 4.32. The topological polar surface area (TPSA) is 83.8 Å². The lowest BCUT2D eigenvalue weighted by Crippen LogP contribution is -2.56. The van der Waals surface area contributed by atoms with Crippen LogP contribution in [0.4, 0.5) is 0 Å². The van der Waals surface area contributed by atoms with Crippen LogP contribution >= 0.6 is 0 Å². The zero-order chi connectivity index (χ0) is 27.6. The summed E-state index contributed by atoms with van der Waals surface area (Å²) >= 11 is 0. The molecule has 5 heteroatoms. The molecule has 2 fully saturated rings. The van der Waals surface area contributed by atoms with E-state index in [1.165, 1.54) is 18.1 Å². The fraction of sp³-hybridized carbons (Fsp3) is 0.812. The van der Waals surface area contributed by atoms with Crippen LogP contribution in [0.5, 0.6) is 0 Å². The molecule has 0 aliphatic heterocycles. The second kappa shape index (κ2) is 9.54. The summed E-state index contributed by atoms with van der Waals surface area (Å²) in [5, 5.41) is 21.8. The Kier molecular flexibility index (Phi) is 7.32. The van der Waals surface area contributed by atoms with E-state index >= 15 is 0 Å². The number of rotatable bonds is 6. The van der Waals surface area contributed by atoms with Gasteiger partial charge in [-0.1, -0.05) is 57.4 Å². The van der Waals surface area contributed by atoms with Crippen LogP contribution in [0, 0.1) is 39.4 Å². The smallest absolute Gasteiger partial charge is 0.306 e. The molecule has 0 spiro atoms. The maximum Gasteiger partial charge on any atom is 0.306 e. The van der Waals surface area contributed by atoms with Gasteiger partial charge in [-0.15, -0.1) is 0 Å². The van der Waals surface area contributed by atoms with E-state index in [9.17, 15) is 19.8 Å². The molecule has 4 aliphatic rings. The largest absolute Gasteiger partial charge is 0.481 e. The first-order valence-electron chi connectivity index (χ1n) is 14.5. The van der Waals surface area contributed by atoms with Gasteiger partial charge in [0.25, 0.3) is 0 Å². The zero-order valence-electron chi connectivity index (χ0n) is 24.4. The molecule has 0 aromatic rings. The van der Waals surface area contributed by atoms with Gasteiger partial charge in [0.2, 0.25) is 0 Å². The minimum atomic E-state index is -0.766. The first-order valence-corrected chi connectivity index (χ1v) is 14.5. The lowest BCUT2D eigenvalue weighted by Gasteiger charge is -2.62. The van der Waals surface area contributed by atoms with Gasteiger partial charge in [-0.25, -0.2) is 0 Å². The van der Waals surface area contributed by atoms with E-state index in [4.69, 9.17) is 4.74 Å². The lowest BCUT2D eigenvalue weighted by molar-refractivity contribution is -0.167. The van der Waals surface area contributed by atoms with Crippen molar-refractivity contribution in [1.29, 1.82) is 0 Å². The minimum Gasteiger partial charge on any atom is -0.481 e. The Balaban J connectivity index is 1.71. The average Bonchev–Trinajstić information content (AvgIpc) is 2.98. The standard InChI is InChI=1S/C32H50O5/c1-19(2)10-9-11-21(28(35)36)27-24(34)18-32(8)23-12-13-25-29(4,5)26(37-20(3)33)15-16-30(25,6)22(23)14-17-31(27,32)7/h10,21,24-27,34H,9,11-18H2,1-8H3,(H,35,36). The van der Waals surface area contributed by atoms with Crippen molar-refractivity contribution >= 4 is 11.9 Å². The molecule has 0 amide bonds. The number of carbonyl (C=O) groups is 2. The predicted molar refractivity (Wildman–Crippen MR) is 146 cm³/mol. The molecular formula is C32H50O5. The number of hydrogen-bond acceptors (Lipinski definition) is 4. The Morgan fingerprint density at radius 2 is 1.70 bits per heavy atom. The van der Waals surface area contributed by atoms with Gasteiger partial charge in [0.1, 0.15) is 6.10 Å². The van der Waals surface area contributed by atoms with Gasteiger partial charge in [-0.2, -0.15) is 0 Å². The summed E-state index contributed by atoms with van der Waals surface area (Å²) < 4.78 is 5.82. The summed E-state index contributed by atoms with van der Waals surface area (Å²) in [7, 11) is 0. The Hall–Kier alpha value is -1.62. The second-order valence-electron chi connectivity index (χ2n) is 14.3. The summed E-state index contributed by atoms with van der Waals surface area (Å²) in [6, 6.07) is 0. The molecule has 2 saturated carbocycles. The third-order valence-electron chi connectivity index (χ3n) is 11.8. The van der Waals surface area contributed by atoms with Crippen LogP contribution in [0.1, 0.15) is 113 Å². The molecule has 8 atom stereocenters. The second-order valence-corrected chi connectivity index (χ2v) is 14.3. The normalized spacial score (nSPS) is 41.2. The van der Waals surface area contributed by atoms with Crippen molar-refractivity contribution in [2.45, 2.75) is 125 Å². The summed E-state index contributed by atoms with van der Waals surface area (Å²) in [6.45, 7) is 17.2. The third-order valence-corrected chi connectivity index (χ3v) is 11.8. The molecule has 0 bridgehead atoms. The molecular weight excluding hydrogens is 464 g/mol. The SMILES string of the molecule is CC(=O)OC1CCC2(C)C3=C(CCC2C1(C)C)C1(C)CC(O)C(C(CCC=C(C)C)C(=O)O)C1(C)CC3. The zero-order valence-corrected chi connectivity index (χ0v) is 24.4. The van der Waals surface area contributed by atoms with Crippen LogP contribution in [-0.2, 0) is 14.3 Å². The first kappa shape index (κ1) is 28.4. The number of fused-ring (bicyclic) bond motifs is 4. The van der Waals surface area contributed by atoms with E-state index in [0.29, 0.717) is 18.8 Å². The number of carboxylic acid groups (broad SMARTS) is 1. The number of carbonyl (C=O) groups excluding carboxylic acids is 1. The number of esters is 1. The number of aliphatic hydroxyl groups excluding tert-OH is 1. The highest BCUT2D eigenvalue weighted by atomic mass is 16.5. The van der Waals surface area contributed by atoms with Gasteiger partial charge in [0, 0.05) is 18.3 Å². The quantitative estimate of drug-likeness (QED) is 0.292. The Bertz CT molecular complexity index is 1000. The maximum absolute atomic E-state index is 12.5. The fourth-order valence-corrected chi connectivity index (χ4v) is 9.90. The van der Waals surface area contributed by atoms with Crippen molar-refractivity contribution < 1.29 is 24.5 Å². The number of allylic oxidation sites excluding steroid dienone is 4. The van der Waals surface area contributed by atoms with Crippen LogP contribution in [0.2, 0.25) is 0 Å². The maximum atomic E-state index is 12.5. The van der Waals surface area contributed by atoms with Crippen molar-refractivity contribution in [3.8, 4) is 0 Å². The molecule has 0 heterocycles. The molecule has 5 nitrogen and oxygen atoms in total. The van der Waals surface area contributed by atoms with Crippen molar-refractivity contribution in [2.75, 3.05) is 0 Å². The molecule has 0 aromatic carbocycles. The molecule has 37 heavy (non-hydrogen) atoms. The Morgan fingerprint density at radius 1 is 1.03 bits per heavy atom. The van der Waals surface area contributed by atoms with Gasteiger partial charge in [-0.3, -0.25) is 9.59 Å². The van der Waals surface area contributed by atoms with Crippen molar-refractivity contribution in [3.05, 3.63) is 22.8 Å². The molecule has 8 unspecified atom stereocenters. The fourth-order valence-electron chi connectivity index (χ4n) is 9.90. The van der Waals surface area contributed by atoms with Crippen LogP contribution in [0.3, 0.4) is 0 Å². The van der Waals surface area contributed by atoms with Gasteiger partial charge in [0.15, 0.2) is 0 Å². The molecule has 0 aromatic heterocycles.